The predicted molar refractivity (Wildman–Crippen MR) is 94.3 cm³/mol. The van der Waals surface area contributed by atoms with Crippen LogP contribution < -0.4 is 14.8 Å². The van der Waals surface area contributed by atoms with Crippen molar-refractivity contribution >= 4 is 22.4 Å². The lowest BCUT2D eigenvalue weighted by Crippen LogP contribution is -2.23. The van der Waals surface area contributed by atoms with Crippen LogP contribution in [0.1, 0.15) is 5.56 Å². The zero-order chi connectivity index (χ0) is 16.5. The highest BCUT2D eigenvalue weighted by Crippen LogP contribution is 2.16. The number of methoxy groups -OCH3 is 1. The van der Waals surface area contributed by atoms with Crippen LogP contribution in [0.3, 0.4) is 0 Å². The highest BCUT2D eigenvalue weighted by Gasteiger charge is 2.11. The number of hydrogen-bond acceptors (Lipinski definition) is 5. The predicted octanol–water partition coefficient (Wildman–Crippen LogP) is 2.37. The Balaban J connectivity index is 1.78. The topological polar surface area (TPSA) is 56.5 Å². The van der Waals surface area contributed by atoms with Gasteiger partial charge in [-0.3, -0.25) is 4.79 Å². The quantitative estimate of drug-likeness (QED) is 0.577. The first-order valence-corrected chi connectivity index (χ1v) is 8.17. The van der Waals surface area contributed by atoms with Gasteiger partial charge in [-0.05, 0) is 23.8 Å². The Hall–Kier alpha value is -2.99. The lowest BCUT2D eigenvalue weighted by atomic mass is 10.2. The maximum absolute atomic E-state index is 12.5. The molecule has 2 heterocycles. The molecule has 0 fully saturated rings. The summed E-state index contributed by atoms with van der Waals surface area (Å²) >= 11 is 1.33. The third-order valence-electron chi connectivity index (χ3n) is 3.63. The van der Waals surface area contributed by atoms with E-state index < -0.39 is 0 Å². The highest BCUT2D eigenvalue weighted by atomic mass is 32.1. The van der Waals surface area contributed by atoms with Crippen molar-refractivity contribution in [3.63, 3.8) is 0 Å². The minimum atomic E-state index is -0.152. The SMILES string of the molecule is COc1ccc(C=c2sc3nc(-c4ccccc4)nn3c2=O)cc1. The van der Waals surface area contributed by atoms with Crippen LogP contribution in [0.25, 0.3) is 22.4 Å². The molecule has 0 atom stereocenters. The van der Waals surface area contributed by atoms with Crippen molar-refractivity contribution in [1.82, 2.24) is 14.6 Å². The second kappa shape index (κ2) is 5.90. The van der Waals surface area contributed by atoms with Gasteiger partial charge in [0.2, 0.25) is 4.96 Å². The average Bonchev–Trinajstić information content (AvgIpc) is 3.17. The Labute approximate surface area is 141 Å². The molecule has 0 aliphatic heterocycles. The molecule has 0 amide bonds. The summed E-state index contributed by atoms with van der Waals surface area (Å²) in [6.07, 6.45) is 1.84. The fourth-order valence-corrected chi connectivity index (χ4v) is 3.30. The first-order chi connectivity index (χ1) is 11.7. The van der Waals surface area contributed by atoms with Gasteiger partial charge in [0, 0.05) is 5.56 Å². The Morgan fingerprint density at radius 2 is 1.83 bits per heavy atom. The molecule has 4 rings (SSSR count). The van der Waals surface area contributed by atoms with Crippen LogP contribution in [0.15, 0.2) is 59.4 Å². The van der Waals surface area contributed by atoms with Crippen LogP contribution in [0.2, 0.25) is 0 Å². The number of aromatic nitrogens is 3. The monoisotopic (exact) mass is 335 g/mol. The minimum Gasteiger partial charge on any atom is -0.497 e. The van der Waals surface area contributed by atoms with E-state index in [-0.39, 0.29) is 5.56 Å². The van der Waals surface area contributed by atoms with E-state index in [0.717, 1.165) is 16.9 Å². The van der Waals surface area contributed by atoms with Crippen LogP contribution in [0.5, 0.6) is 5.75 Å². The summed E-state index contributed by atoms with van der Waals surface area (Å²) in [5.41, 5.74) is 1.68. The number of benzene rings is 2. The number of thiazole rings is 1. The van der Waals surface area contributed by atoms with E-state index in [1.165, 1.54) is 15.9 Å². The van der Waals surface area contributed by atoms with Crippen LogP contribution in [-0.4, -0.2) is 21.7 Å². The van der Waals surface area contributed by atoms with E-state index in [1.54, 1.807) is 7.11 Å². The Morgan fingerprint density at radius 3 is 2.50 bits per heavy atom. The van der Waals surface area contributed by atoms with Gasteiger partial charge in [-0.1, -0.05) is 53.8 Å². The molecule has 118 valence electrons. The molecule has 0 N–H and O–H groups in total. The van der Waals surface area contributed by atoms with Crippen molar-refractivity contribution in [3.05, 3.63) is 75.0 Å². The fourth-order valence-electron chi connectivity index (χ4n) is 2.39. The standard InChI is InChI=1S/C18H13N3O2S/c1-23-14-9-7-12(8-10-14)11-15-17(22)21-18(24-15)19-16(20-21)13-5-3-2-4-6-13/h2-11H,1H3. The second-order valence-electron chi connectivity index (χ2n) is 5.18. The molecule has 0 aliphatic rings. The van der Waals surface area contributed by atoms with Gasteiger partial charge < -0.3 is 4.74 Å². The number of fused-ring (bicyclic) bond motifs is 1. The Bertz CT molecular complexity index is 1100. The van der Waals surface area contributed by atoms with Gasteiger partial charge in [0.25, 0.3) is 5.56 Å². The molecule has 0 radical (unpaired) electrons. The second-order valence-corrected chi connectivity index (χ2v) is 6.19. The molecule has 24 heavy (non-hydrogen) atoms. The Morgan fingerprint density at radius 1 is 1.08 bits per heavy atom. The highest BCUT2D eigenvalue weighted by molar-refractivity contribution is 7.15. The van der Waals surface area contributed by atoms with Crippen molar-refractivity contribution in [2.24, 2.45) is 0 Å². The van der Waals surface area contributed by atoms with Gasteiger partial charge in [-0.15, -0.1) is 5.10 Å². The molecule has 0 aliphatic carbocycles. The van der Waals surface area contributed by atoms with Gasteiger partial charge in [0.15, 0.2) is 5.82 Å². The third kappa shape index (κ3) is 2.57. The van der Waals surface area contributed by atoms with Gasteiger partial charge in [0.05, 0.1) is 11.6 Å². The molecule has 6 heteroatoms. The molecule has 0 spiro atoms. The van der Waals surface area contributed by atoms with E-state index in [0.29, 0.717) is 15.3 Å². The first kappa shape index (κ1) is 14.6. The van der Waals surface area contributed by atoms with E-state index in [9.17, 15) is 4.79 Å². The van der Waals surface area contributed by atoms with Gasteiger partial charge in [-0.2, -0.15) is 9.50 Å². The van der Waals surface area contributed by atoms with Gasteiger partial charge in [0.1, 0.15) is 5.75 Å². The van der Waals surface area contributed by atoms with Crippen LogP contribution in [0, 0.1) is 0 Å². The van der Waals surface area contributed by atoms with Gasteiger partial charge in [-0.25, -0.2) is 0 Å². The molecule has 0 saturated heterocycles. The summed E-state index contributed by atoms with van der Waals surface area (Å²) in [5.74, 6) is 1.35. The zero-order valence-electron chi connectivity index (χ0n) is 12.8. The number of rotatable bonds is 3. The molecule has 4 aromatic rings. The Kier molecular flexibility index (Phi) is 3.59. The number of ether oxygens (including phenoxy) is 1. The maximum Gasteiger partial charge on any atom is 0.291 e. The van der Waals surface area contributed by atoms with E-state index in [2.05, 4.69) is 10.1 Å². The van der Waals surface area contributed by atoms with Crippen molar-refractivity contribution in [1.29, 1.82) is 0 Å². The molecule has 5 nitrogen and oxygen atoms in total. The zero-order valence-corrected chi connectivity index (χ0v) is 13.7. The van der Waals surface area contributed by atoms with E-state index >= 15 is 0 Å². The van der Waals surface area contributed by atoms with Crippen LogP contribution in [-0.2, 0) is 0 Å². The maximum atomic E-state index is 12.5. The van der Waals surface area contributed by atoms with E-state index in [4.69, 9.17) is 4.74 Å². The summed E-state index contributed by atoms with van der Waals surface area (Å²) in [7, 11) is 1.62. The van der Waals surface area contributed by atoms with E-state index in [1.807, 2.05) is 60.7 Å². The van der Waals surface area contributed by atoms with Crippen LogP contribution >= 0.6 is 11.3 Å². The van der Waals surface area contributed by atoms with Crippen molar-refractivity contribution in [3.8, 4) is 17.1 Å². The smallest absolute Gasteiger partial charge is 0.291 e. The summed E-state index contributed by atoms with van der Waals surface area (Å²) in [6, 6.07) is 17.2. The van der Waals surface area contributed by atoms with Crippen LogP contribution in [0.4, 0.5) is 0 Å². The molecule has 2 aromatic heterocycles. The molecule has 0 unspecified atom stereocenters. The summed E-state index contributed by atoms with van der Waals surface area (Å²) in [5, 5.41) is 4.34. The van der Waals surface area contributed by atoms with Crippen molar-refractivity contribution in [2.45, 2.75) is 0 Å². The number of nitrogens with zero attached hydrogens (tertiary/aromatic N) is 3. The summed E-state index contributed by atoms with van der Waals surface area (Å²) in [4.78, 5) is 17.6. The van der Waals surface area contributed by atoms with Gasteiger partial charge >= 0.3 is 0 Å². The normalized spacial score (nSPS) is 12.0. The summed E-state index contributed by atoms with van der Waals surface area (Å²) < 4.78 is 7.11. The molecule has 0 saturated carbocycles. The number of hydrogen-bond donors (Lipinski definition) is 0. The lowest BCUT2D eigenvalue weighted by Gasteiger charge is -1.98. The molecule has 2 aromatic carbocycles. The third-order valence-corrected chi connectivity index (χ3v) is 4.59. The minimum absolute atomic E-state index is 0.152. The van der Waals surface area contributed by atoms with Crippen molar-refractivity contribution in [2.75, 3.05) is 7.11 Å². The largest absolute Gasteiger partial charge is 0.497 e. The lowest BCUT2D eigenvalue weighted by molar-refractivity contribution is 0.415. The summed E-state index contributed by atoms with van der Waals surface area (Å²) in [6.45, 7) is 0. The molecule has 0 bridgehead atoms. The van der Waals surface area contributed by atoms with Crippen molar-refractivity contribution < 1.29 is 4.74 Å². The molecular formula is C18H13N3O2S. The fraction of sp³-hybridized carbons (Fsp3) is 0.0556. The molecular weight excluding hydrogens is 322 g/mol. The average molecular weight is 335 g/mol. The first-order valence-electron chi connectivity index (χ1n) is 7.35.